The highest BCUT2D eigenvalue weighted by atomic mass is 32.1. The van der Waals surface area contributed by atoms with E-state index in [9.17, 15) is 0 Å². The van der Waals surface area contributed by atoms with Crippen LogP contribution in [0.25, 0.3) is 0 Å². The predicted octanol–water partition coefficient (Wildman–Crippen LogP) is 1.84. The lowest BCUT2D eigenvalue weighted by Gasteiger charge is -2.21. The Labute approximate surface area is 97.0 Å². The van der Waals surface area contributed by atoms with Gasteiger partial charge in [-0.2, -0.15) is 0 Å². The summed E-state index contributed by atoms with van der Waals surface area (Å²) in [6.07, 6.45) is 6.71. The molecular weight excluding hydrogens is 206 g/mol. The fraction of sp³-hybridized carbons (Fsp3) is 0.545. The summed E-state index contributed by atoms with van der Waals surface area (Å²) in [6.45, 7) is 4.39. The summed E-state index contributed by atoms with van der Waals surface area (Å²) in [6, 6.07) is 0. The lowest BCUT2D eigenvalue weighted by Crippen LogP contribution is -2.42. The molecule has 84 valence electrons. The number of hydrogen-bond acceptors (Lipinski definition) is 2. The van der Waals surface area contributed by atoms with Crippen LogP contribution in [0.2, 0.25) is 0 Å². The van der Waals surface area contributed by atoms with Crippen molar-refractivity contribution in [3.63, 3.8) is 0 Å². The summed E-state index contributed by atoms with van der Waals surface area (Å²) in [5, 5.41) is 3.81. The van der Waals surface area contributed by atoms with Crippen LogP contribution in [0.1, 0.15) is 26.7 Å². The first-order chi connectivity index (χ1) is 7.15. The minimum atomic E-state index is 0.529. The first-order valence-corrected chi connectivity index (χ1v) is 5.70. The van der Waals surface area contributed by atoms with Crippen LogP contribution in [-0.4, -0.2) is 12.2 Å². The van der Waals surface area contributed by atoms with E-state index in [1.165, 1.54) is 5.57 Å². The molecule has 0 saturated carbocycles. The van der Waals surface area contributed by atoms with E-state index in [2.05, 4.69) is 42.2 Å². The van der Waals surface area contributed by atoms with Crippen molar-refractivity contribution in [2.24, 2.45) is 5.92 Å². The van der Waals surface area contributed by atoms with Gasteiger partial charge in [-0.3, -0.25) is 5.43 Å². The highest BCUT2D eigenvalue weighted by molar-refractivity contribution is 7.80. The van der Waals surface area contributed by atoms with Gasteiger partial charge in [-0.25, -0.2) is 5.43 Å². The van der Waals surface area contributed by atoms with Crippen LogP contribution < -0.4 is 16.2 Å². The van der Waals surface area contributed by atoms with Gasteiger partial charge in [0.1, 0.15) is 0 Å². The Morgan fingerprint density at radius 3 is 2.60 bits per heavy atom. The lowest BCUT2D eigenvalue weighted by molar-refractivity contribution is 0.724. The summed E-state index contributed by atoms with van der Waals surface area (Å²) >= 11 is 5.12. The van der Waals surface area contributed by atoms with E-state index in [-0.39, 0.29) is 0 Å². The van der Waals surface area contributed by atoms with Gasteiger partial charge in [0.15, 0.2) is 5.11 Å². The Bertz CT molecular complexity index is 292. The molecular formula is C11H19N3S. The molecule has 0 heterocycles. The predicted molar refractivity (Wildman–Crippen MR) is 68.2 cm³/mol. The van der Waals surface area contributed by atoms with Crippen LogP contribution in [0.3, 0.4) is 0 Å². The molecule has 0 aliphatic heterocycles. The molecule has 0 amide bonds. The third kappa shape index (κ3) is 3.64. The van der Waals surface area contributed by atoms with E-state index in [0.29, 0.717) is 11.0 Å². The van der Waals surface area contributed by atoms with Crippen molar-refractivity contribution in [1.82, 2.24) is 16.2 Å². The molecule has 0 spiro atoms. The van der Waals surface area contributed by atoms with Gasteiger partial charge >= 0.3 is 0 Å². The van der Waals surface area contributed by atoms with Crippen LogP contribution in [0.5, 0.6) is 0 Å². The molecule has 0 aromatic carbocycles. The molecule has 0 aromatic heterocycles. The maximum Gasteiger partial charge on any atom is 0.185 e. The van der Waals surface area contributed by atoms with E-state index < -0.39 is 0 Å². The summed E-state index contributed by atoms with van der Waals surface area (Å²) in [4.78, 5) is 0. The zero-order valence-corrected chi connectivity index (χ0v) is 10.4. The zero-order valence-electron chi connectivity index (χ0n) is 9.55. The van der Waals surface area contributed by atoms with Crippen LogP contribution in [-0.2, 0) is 0 Å². The second-order valence-electron chi connectivity index (χ2n) is 3.84. The van der Waals surface area contributed by atoms with Crippen molar-refractivity contribution >= 4 is 17.3 Å². The second-order valence-corrected chi connectivity index (χ2v) is 4.25. The molecule has 0 aromatic rings. The molecule has 1 rings (SSSR count). The average molecular weight is 225 g/mol. The normalized spacial score (nSPS) is 15.7. The maximum atomic E-state index is 5.12. The van der Waals surface area contributed by atoms with E-state index >= 15 is 0 Å². The van der Waals surface area contributed by atoms with Gasteiger partial charge in [-0.05, 0) is 36.6 Å². The highest BCUT2D eigenvalue weighted by Crippen LogP contribution is 2.23. The molecule has 0 fully saturated rings. The quantitative estimate of drug-likeness (QED) is 0.506. The molecule has 3 nitrogen and oxygen atoms in total. The topological polar surface area (TPSA) is 36.1 Å². The summed E-state index contributed by atoms with van der Waals surface area (Å²) in [5.74, 6) is 0.529. The van der Waals surface area contributed by atoms with E-state index in [1.807, 2.05) is 0 Å². The molecule has 3 N–H and O–H groups in total. The standard InChI is InChI=1S/C11H19N3S/c1-8(2)9-6-4-5-7-10(9)13-11(15)14-12-3/h6-8,12H,4-5H2,1-3H3,(H2,13,14,15). The van der Waals surface area contributed by atoms with Crippen molar-refractivity contribution in [2.45, 2.75) is 26.7 Å². The molecule has 0 radical (unpaired) electrons. The Balaban J connectivity index is 2.63. The van der Waals surface area contributed by atoms with Gasteiger partial charge in [0, 0.05) is 12.7 Å². The van der Waals surface area contributed by atoms with Gasteiger partial charge in [0.05, 0.1) is 0 Å². The number of hydrogen-bond donors (Lipinski definition) is 3. The van der Waals surface area contributed by atoms with Crippen molar-refractivity contribution in [3.05, 3.63) is 23.4 Å². The SMILES string of the molecule is CNNC(=S)NC1=CCCC=C1C(C)C. The average Bonchev–Trinajstić information content (AvgIpc) is 2.18. The molecule has 1 aliphatic carbocycles. The largest absolute Gasteiger partial charge is 0.332 e. The van der Waals surface area contributed by atoms with E-state index in [0.717, 1.165) is 18.5 Å². The number of rotatable bonds is 3. The van der Waals surface area contributed by atoms with Crippen molar-refractivity contribution in [2.75, 3.05) is 7.05 Å². The van der Waals surface area contributed by atoms with Crippen LogP contribution in [0.15, 0.2) is 23.4 Å². The summed E-state index contributed by atoms with van der Waals surface area (Å²) < 4.78 is 0. The Morgan fingerprint density at radius 2 is 2.00 bits per heavy atom. The molecule has 0 atom stereocenters. The first kappa shape index (κ1) is 12.2. The molecule has 15 heavy (non-hydrogen) atoms. The minimum Gasteiger partial charge on any atom is -0.332 e. The Morgan fingerprint density at radius 1 is 1.33 bits per heavy atom. The van der Waals surface area contributed by atoms with Crippen molar-refractivity contribution < 1.29 is 0 Å². The number of hydrazine groups is 1. The second kappa shape index (κ2) is 5.88. The summed E-state index contributed by atoms with van der Waals surface area (Å²) in [7, 11) is 1.79. The van der Waals surface area contributed by atoms with Crippen LogP contribution in [0, 0.1) is 5.92 Å². The van der Waals surface area contributed by atoms with Gasteiger partial charge in [-0.15, -0.1) is 0 Å². The van der Waals surface area contributed by atoms with Gasteiger partial charge in [0.2, 0.25) is 0 Å². The monoisotopic (exact) mass is 225 g/mol. The highest BCUT2D eigenvalue weighted by Gasteiger charge is 2.12. The van der Waals surface area contributed by atoms with E-state index in [4.69, 9.17) is 12.2 Å². The first-order valence-electron chi connectivity index (χ1n) is 5.29. The Kier molecular flexibility index (Phi) is 4.78. The maximum absolute atomic E-state index is 5.12. The smallest absolute Gasteiger partial charge is 0.185 e. The number of nitrogens with one attached hydrogen (secondary N) is 3. The number of allylic oxidation sites excluding steroid dienone is 3. The van der Waals surface area contributed by atoms with E-state index in [1.54, 1.807) is 7.05 Å². The molecule has 0 unspecified atom stereocenters. The Hall–Kier alpha value is -0.870. The minimum absolute atomic E-state index is 0.529. The van der Waals surface area contributed by atoms with Gasteiger partial charge in [-0.1, -0.05) is 26.0 Å². The molecule has 0 bridgehead atoms. The molecule has 0 saturated heterocycles. The number of thiocarbonyl (C=S) groups is 1. The molecule has 4 heteroatoms. The third-order valence-electron chi connectivity index (χ3n) is 2.30. The molecule has 1 aliphatic rings. The van der Waals surface area contributed by atoms with Crippen LogP contribution in [0.4, 0.5) is 0 Å². The van der Waals surface area contributed by atoms with Crippen LogP contribution >= 0.6 is 12.2 Å². The van der Waals surface area contributed by atoms with Crippen molar-refractivity contribution in [1.29, 1.82) is 0 Å². The fourth-order valence-corrected chi connectivity index (χ4v) is 1.84. The van der Waals surface area contributed by atoms with Gasteiger partial charge < -0.3 is 5.32 Å². The zero-order chi connectivity index (χ0) is 11.3. The van der Waals surface area contributed by atoms with Gasteiger partial charge in [0.25, 0.3) is 0 Å². The fourth-order valence-electron chi connectivity index (χ4n) is 1.63. The third-order valence-corrected chi connectivity index (χ3v) is 2.50. The van der Waals surface area contributed by atoms with Crippen molar-refractivity contribution in [3.8, 4) is 0 Å². The lowest BCUT2D eigenvalue weighted by atomic mass is 9.94. The summed E-state index contributed by atoms with van der Waals surface area (Å²) in [5.41, 5.74) is 8.15.